The van der Waals surface area contributed by atoms with Gasteiger partial charge in [0.2, 0.25) is 5.88 Å². The van der Waals surface area contributed by atoms with Crippen LogP contribution < -0.4 is 15.6 Å². The van der Waals surface area contributed by atoms with Crippen molar-refractivity contribution in [3.8, 4) is 17.3 Å². The molecule has 2 aromatic heterocycles. The molecule has 0 saturated carbocycles. The smallest absolute Gasteiger partial charge is 0.272 e. The van der Waals surface area contributed by atoms with Crippen molar-refractivity contribution < 1.29 is 9.53 Å². The molecule has 1 amide bonds. The minimum atomic E-state index is -0.384. The quantitative estimate of drug-likeness (QED) is 0.504. The van der Waals surface area contributed by atoms with E-state index in [0.717, 1.165) is 22.4 Å². The largest absolute Gasteiger partial charge is 0.439 e. The lowest BCUT2D eigenvalue weighted by atomic mass is 10.1. The normalized spacial score (nSPS) is 10.6. The minimum absolute atomic E-state index is 0.149. The summed E-state index contributed by atoms with van der Waals surface area (Å²) in [6.07, 6.45) is 1.65. The monoisotopic (exact) mass is 426 g/mol. The van der Waals surface area contributed by atoms with Crippen molar-refractivity contribution in [2.75, 3.05) is 0 Å². The zero-order valence-corrected chi connectivity index (χ0v) is 17.8. The van der Waals surface area contributed by atoms with Crippen molar-refractivity contribution >= 4 is 5.91 Å². The number of hydrogen-bond donors (Lipinski definition) is 1. The molecule has 4 aromatic rings. The van der Waals surface area contributed by atoms with E-state index < -0.39 is 0 Å². The Hall–Kier alpha value is -4.26. The molecule has 4 rings (SSSR count). The number of aryl methyl sites for hydroxylation is 2. The molecule has 0 aliphatic heterocycles. The summed E-state index contributed by atoms with van der Waals surface area (Å²) in [5, 5.41) is 6.99. The van der Waals surface area contributed by atoms with Gasteiger partial charge in [0.05, 0.1) is 5.69 Å². The second-order valence-corrected chi connectivity index (χ2v) is 7.36. The van der Waals surface area contributed by atoms with Gasteiger partial charge in [-0.2, -0.15) is 9.78 Å². The number of nitrogens with zero attached hydrogens (tertiary/aromatic N) is 3. The van der Waals surface area contributed by atoms with E-state index >= 15 is 0 Å². The maximum atomic E-state index is 12.6. The second-order valence-electron chi connectivity index (χ2n) is 7.36. The lowest BCUT2D eigenvalue weighted by molar-refractivity contribution is 0.0944. The molecule has 2 heterocycles. The van der Waals surface area contributed by atoms with Crippen LogP contribution in [0.25, 0.3) is 5.69 Å². The summed E-state index contributed by atoms with van der Waals surface area (Å²) in [4.78, 5) is 29.0. The molecule has 32 heavy (non-hydrogen) atoms. The third-order valence-corrected chi connectivity index (χ3v) is 4.84. The fourth-order valence-electron chi connectivity index (χ4n) is 3.07. The second kappa shape index (κ2) is 9.26. The predicted molar refractivity (Wildman–Crippen MR) is 121 cm³/mol. The first-order chi connectivity index (χ1) is 15.5. The van der Waals surface area contributed by atoms with Crippen molar-refractivity contribution in [2.45, 2.75) is 20.4 Å². The molecule has 1 N–H and O–H groups in total. The van der Waals surface area contributed by atoms with E-state index in [-0.39, 0.29) is 23.7 Å². The molecular formula is C25H22N4O3. The van der Waals surface area contributed by atoms with Crippen molar-refractivity contribution in [3.63, 3.8) is 0 Å². The van der Waals surface area contributed by atoms with Crippen molar-refractivity contribution in [1.29, 1.82) is 0 Å². The molecule has 0 unspecified atom stereocenters. The SMILES string of the molecule is Cc1ccc(C)c(Oc2ccc(CNC(=O)c3ccc(=O)n(-c4ccccc4)n3)cn2)c1. The summed E-state index contributed by atoms with van der Waals surface area (Å²) < 4.78 is 7.07. The highest BCUT2D eigenvalue weighted by molar-refractivity contribution is 5.92. The Morgan fingerprint density at radius 2 is 1.81 bits per heavy atom. The molecule has 2 aromatic carbocycles. The van der Waals surface area contributed by atoms with Gasteiger partial charge in [0.25, 0.3) is 11.5 Å². The third-order valence-electron chi connectivity index (χ3n) is 4.84. The number of pyridine rings is 1. The fraction of sp³-hybridized carbons (Fsp3) is 0.120. The Morgan fingerprint density at radius 3 is 2.56 bits per heavy atom. The predicted octanol–water partition coefficient (Wildman–Crippen LogP) is 3.97. The molecule has 160 valence electrons. The molecule has 0 spiro atoms. The van der Waals surface area contributed by atoms with E-state index in [1.807, 2.05) is 44.2 Å². The molecule has 0 fully saturated rings. The van der Waals surface area contributed by atoms with Crippen LogP contribution in [0.2, 0.25) is 0 Å². The zero-order valence-electron chi connectivity index (χ0n) is 17.8. The van der Waals surface area contributed by atoms with Crippen LogP contribution in [0.15, 0.2) is 83.8 Å². The molecule has 0 bridgehead atoms. The highest BCUT2D eigenvalue weighted by Crippen LogP contribution is 2.24. The summed E-state index contributed by atoms with van der Waals surface area (Å²) in [5.41, 5.74) is 3.38. The van der Waals surface area contributed by atoms with E-state index in [1.165, 1.54) is 16.8 Å². The van der Waals surface area contributed by atoms with Gasteiger partial charge in [-0.05, 0) is 54.8 Å². The van der Waals surface area contributed by atoms with Gasteiger partial charge in [0.15, 0.2) is 0 Å². The highest BCUT2D eigenvalue weighted by Gasteiger charge is 2.11. The summed E-state index contributed by atoms with van der Waals surface area (Å²) in [6, 6.07) is 21.3. The Kier molecular flexibility index (Phi) is 6.07. The molecule has 7 heteroatoms. The van der Waals surface area contributed by atoms with Gasteiger partial charge < -0.3 is 10.1 Å². The average Bonchev–Trinajstić information content (AvgIpc) is 2.81. The van der Waals surface area contributed by atoms with Crippen LogP contribution in [0.5, 0.6) is 11.6 Å². The standard InChI is InChI=1S/C25H22N4O3/c1-17-8-9-18(2)22(14-17)32-23-12-10-19(15-26-23)16-27-25(31)21-11-13-24(30)29(28-21)20-6-4-3-5-7-20/h3-15H,16H2,1-2H3,(H,27,31). The molecule has 7 nitrogen and oxygen atoms in total. The number of carbonyl (C=O) groups is 1. The Balaban J connectivity index is 1.41. The number of hydrogen-bond acceptors (Lipinski definition) is 5. The Bertz CT molecular complexity index is 1300. The van der Waals surface area contributed by atoms with Crippen molar-refractivity contribution in [2.24, 2.45) is 0 Å². The van der Waals surface area contributed by atoms with Crippen LogP contribution in [-0.4, -0.2) is 20.7 Å². The molecule has 0 saturated heterocycles. The van der Waals surface area contributed by atoms with E-state index in [4.69, 9.17) is 4.74 Å². The van der Waals surface area contributed by atoms with Gasteiger partial charge >= 0.3 is 0 Å². The number of amides is 1. The number of nitrogens with one attached hydrogen (secondary N) is 1. The summed E-state index contributed by atoms with van der Waals surface area (Å²) in [6.45, 7) is 4.25. The van der Waals surface area contributed by atoms with Crippen molar-refractivity contribution in [1.82, 2.24) is 20.1 Å². The Morgan fingerprint density at radius 1 is 1.00 bits per heavy atom. The van der Waals surface area contributed by atoms with E-state index in [0.29, 0.717) is 11.6 Å². The van der Waals surface area contributed by atoms with E-state index in [9.17, 15) is 9.59 Å². The van der Waals surface area contributed by atoms with Crippen LogP contribution in [0.4, 0.5) is 0 Å². The van der Waals surface area contributed by atoms with Gasteiger partial charge in [0.1, 0.15) is 11.4 Å². The van der Waals surface area contributed by atoms with Gasteiger partial charge in [0, 0.05) is 24.9 Å². The maximum absolute atomic E-state index is 12.6. The first-order valence-corrected chi connectivity index (χ1v) is 10.1. The van der Waals surface area contributed by atoms with Gasteiger partial charge in [-0.25, -0.2) is 4.98 Å². The summed E-state index contributed by atoms with van der Waals surface area (Å²) in [7, 11) is 0. The number of para-hydroxylation sites is 1. The molecular weight excluding hydrogens is 404 g/mol. The van der Waals surface area contributed by atoms with Gasteiger partial charge in [-0.15, -0.1) is 0 Å². The van der Waals surface area contributed by atoms with E-state index in [1.54, 1.807) is 36.5 Å². The average molecular weight is 426 g/mol. The lowest BCUT2D eigenvalue weighted by Crippen LogP contribution is -2.28. The van der Waals surface area contributed by atoms with Gasteiger partial charge in [-0.3, -0.25) is 9.59 Å². The van der Waals surface area contributed by atoms with Crippen LogP contribution >= 0.6 is 0 Å². The topological polar surface area (TPSA) is 86.1 Å². The minimum Gasteiger partial charge on any atom is -0.439 e. The number of ether oxygens (including phenoxy) is 1. The third kappa shape index (κ3) is 4.89. The first kappa shape index (κ1) is 21.0. The fourth-order valence-corrected chi connectivity index (χ4v) is 3.07. The molecule has 0 aliphatic carbocycles. The van der Waals surface area contributed by atoms with Crippen LogP contribution in [0, 0.1) is 13.8 Å². The molecule has 0 aliphatic rings. The highest BCUT2D eigenvalue weighted by atomic mass is 16.5. The number of benzene rings is 2. The van der Waals surface area contributed by atoms with Crippen LogP contribution in [-0.2, 0) is 6.54 Å². The van der Waals surface area contributed by atoms with Crippen molar-refractivity contribution in [3.05, 3.63) is 112 Å². The lowest BCUT2D eigenvalue weighted by Gasteiger charge is -2.10. The number of carbonyl (C=O) groups excluding carboxylic acids is 1. The number of rotatable bonds is 6. The molecule has 0 atom stereocenters. The zero-order chi connectivity index (χ0) is 22.5. The Labute approximate surface area is 185 Å². The van der Waals surface area contributed by atoms with E-state index in [2.05, 4.69) is 15.4 Å². The van der Waals surface area contributed by atoms with Crippen LogP contribution in [0.1, 0.15) is 27.2 Å². The number of aromatic nitrogens is 3. The van der Waals surface area contributed by atoms with Gasteiger partial charge in [-0.1, -0.05) is 36.4 Å². The summed E-state index contributed by atoms with van der Waals surface area (Å²) in [5.74, 6) is 0.856. The maximum Gasteiger partial charge on any atom is 0.272 e. The summed E-state index contributed by atoms with van der Waals surface area (Å²) >= 11 is 0. The first-order valence-electron chi connectivity index (χ1n) is 10.1. The van der Waals surface area contributed by atoms with Crippen LogP contribution in [0.3, 0.4) is 0 Å². The molecule has 0 radical (unpaired) electrons.